The fraction of sp³-hybridized carbons (Fsp3) is 0.387. The van der Waals surface area contributed by atoms with E-state index in [0.717, 1.165) is 11.0 Å². The molecule has 1 spiro atoms. The second-order valence-corrected chi connectivity index (χ2v) is 14.7. The largest absolute Gasteiger partial charge is 0.445 e. The van der Waals surface area contributed by atoms with Crippen molar-refractivity contribution in [1.82, 2.24) is 31.1 Å². The number of alkyl carbamates (subject to hydrolysis) is 1. The molecule has 2 aromatic carbocycles. The van der Waals surface area contributed by atoms with Crippen LogP contribution in [0.3, 0.4) is 0 Å². The van der Waals surface area contributed by atoms with E-state index >= 15 is 0 Å². The zero-order valence-corrected chi connectivity index (χ0v) is 28.4. The number of hydrogen-bond donors (Lipinski definition) is 6. The van der Waals surface area contributed by atoms with Crippen molar-refractivity contribution in [3.63, 3.8) is 0 Å². The number of imide groups is 1. The van der Waals surface area contributed by atoms with E-state index in [-0.39, 0.29) is 47.9 Å². The van der Waals surface area contributed by atoms with Gasteiger partial charge >= 0.3 is 12.3 Å². The third-order valence-corrected chi connectivity index (χ3v) is 9.32. The lowest BCUT2D eigenvalue weighted by atomic mass is 9.85. The number of halogens is 6. The third-order valence-electron chi connectivity index (χ3n) is 8.99. The number of nitrogens with one attached hydrogen (secondary N) is 4. The van der Waals surface area contributed by atoms with Gasteiger partial charge in [-0.25, -0.2) is 9.79 Å². The molecule has 51 heavy (non-hydrogen) atoms. The van der Waals surface area contributed by atoms with Crippen LogP contribution in [-0.4, -0.2) is 103 Å². The van der Waals surface area contributed by atoms with Gasteiger partial charge < -0.3 is 35.8 Å². The predicted molar refractivity (Wildman–Crippen MR) is 176 cm³/mol. The summed E-state index contributed by atoms with van der Waals surface area (Å²) >= 11 is 17.1. The standard InChI is InChI=1S/C31H29Cl3F3N7O7/c1-15-38-24-20(12-43-22(45)10-11-23(43)46)39-26(41-27(48)51-14-28(32,33)34)44-13-21(30(49,50)29(24,44)42-15)40-25(47)17-8-6-16(7-9-17)18-4-2-3-5-19(18)31(35,36)37/h2-9,20-21,24,38,42,49-50H,1,10-14H2,(H,40,47)(H,39,41,48)/t20-,21-,24-,29-/m0/s1. The average Bonchev–Trinajstić information content (AvgIpc) is 3.65. The van der Waals surface area contributed by atoms with Crippen molar-refractivity contribution in [2.45, 2.75) is 52.4 Å². The number of aliphatic hydroxyl groups is 2. The lowest BCUT2D eigenvalue weighted by Gasteiger charge is -2.49. The highest BCUT2D eigenvalue weighted by molar-refractivity contribution is 6.67. The molecule has 4 aliphatic heterocycles. The van der Waals surface area contributed by atoms with E-state index in [2.05, 4.69) is 32.8 Å². The molecule has 4 amide bonds. The molecule has 3 fully saturated rings. The number of aliphatic imine (C=N–C) groups is 1. The summed E-state index contributed by atoms with van der Waals surface area (Å²) in [5, 5.41) is 34.6. The normalized spacial score (nSPS) is 25.5. The molecular formula is C31H29Cl3F3N7O7. The maximum absolute atomic E-state index is 13.6. The molecule has 0 aromatic heterocycles. The van der Waals surface area contributed by atoms with E-state index < -0.39 is 82.1 Å². The van der Waals surface area contributed by atoms with E-state index in [1.165, 1.54) is 47.4 Å². The third kappa shape index (κ3) is 6.75. The second-order valence-electron chi connectivity index (χ2n) is 12.2. The lowest BCUT2D eigenvalue weighted by molar-refractivity contribution is -0.231. The molecule has 4 aliphatic rings. The Hall–Kier alpha value is -4.29. The lowest BCUT2D eigenvalue weighted by Crippen LogP contribution is -2.78. The Kier molecular flexibility index (Phi) is 9.33. The Labute approximate surface area is 302 Å². The van der Waals surface area contributed by atoms with Gasteiger partial charge in [-0.15, -0.1) is 0 Å². The van der Waals surface area contributed by atoms with E-state index in [1.807, 2.05) is 0 Å². The fourth-order valence-corrected chi connectivity index (χ4v) is 6.91. The second kappa shape index (κ2) is 13.0. The number of nitrogens with zero attached hydrogens (tertiary/aromatic N) is 3. The predicted octanol–water partition coefficient (Wildman–Crippen LogP) is 2.18. The minimum Gasteiger partial charge on any atom is -0.445 e. The van der Waals surface area contributed by atoms with Crippen LogP contribution in [-0.2, 0) is 20.5 Å². The van der Waals surface area contributed by atoms with Gasteiger partial charge in [0.05, 0.1) is 30.0 Å². The molecule has 272 valence electrons. The highest BCUT2D eigenvalue weighted by Crippen LogP contribution is 2.45. The average molecular weight is 775 g/mol. The van der Waals surface area contributed by atoms with Gasteiger partial charge in [-0.1, -0.05) is 71.7 Å². The van der Waals surface area contributed by atoms with E-state index in [9.17, 15) is 42.6 Å². The Bertz CT molecular complexity index is 1810. The van der Waals surface area contributed by atoms with Crippen molar-refractivity contribution in [1.29, 1.82) is 0 Å². The van der Waals surface area contributed by atoms with Crippen LogP contribution in [0.25, 0.3) is 11.1 Å². The first-order valence-corrected chi connectivity index (χ1v) is 16.4. The molecule has 6 N–H and O–H groups in total. The molecule has 20 heteroatoms. The first-order chi connectivity index (χ1) is 23.8. The number of alkyl halides is 6. The monoisotopic (exact) mass is 773 g/mol. The van der Waals surface area contributed by atoms with Gasteiger partial charge in [0.25, 0.3) is 5.91 Å². The van der Waals surface area contributed by atoms with E-state index in [0.29, 0.717) is 0 Å². The minimum absolute atomic E-state index is 0.0221. The van der Waals surface area contributed by atoms with Crippen molar-refractivity contribution in [3.05, 3.63) is 72.1 Å². The Morgan fingerprint density at radius 2 is 1.71 bits per heavy atom. The number of ether oxygens (including phenoxy) is 1. The van der Waals surface area contributed by atoms with Crippen LogP contribution in [0.15, 0.2) is 65.9 Å². The van der Waals surface area contributed by atoms with Crippen LogP contribution in [0.4, 0.5) is 18.0 Å². The number of amides is 4. The minimum atomic E-state index is -4.62. The molecular weight excluding hydrogens is 746 g/mol. The Morgan fingerprint density at radius 1 is 1.06 bits per heavy atom. The quantitative estimate of drug-likeness (QED) is 0.145. The number of benzene rings is 2. The van der Waals surface area contributed by atoms with Crippen molar-refractivity contribution >= 4 is 64.6 Å². The number of hydrogen-bond acceptors (Lipinski definition) is 11. The SMILES string of the molecule is C=C1N[C@H]2[C@H](CN3C(=O)CCC3=O)N=C(NC(=O)OCC(Cl)(Cl)Cl)N3C[C@H](NC(=O)c4ccc(-c5ccccc5C(F)(F)F)cc4)C(O)(O)[C@]23N1. The zero-order valence-electron chi connectivity index (χ0n) is 26.1. The van der Waals surface area contributed by atoms with Crippen LogP contribution in [0.1, 0.15) is 28.8 Å². The van der Waals surface area contributed by atoms with Gasteiger partial charge in [-0.2, -0.15) is 13.2 Å². The van der Waals surface area contributed by atoms with Gasteiger partial charge in [-0.05, 0) is 29.3 Å². The van der Waals surface area contributed by atoms with Crippen molar-refractivity contribution in [2.24, 2.45) is 4.99 Å². The van der Waals surface area contributed by atoms with Gasteiger partial charge in [0.2, 0.25) is 27.4 Å². The maximum atomic E-state index is 13.6. The zero-order chi connectivity index (χ0) is 37.1. The van der Waals surface area contributed by atoms with E-state index in [4.69, 9.17) is 39.5 Å². The molecule has 14 nitrogen and oxygen atoms in total. The summed E-state index contributed by atoms with van der Waals surface area (Å²) < 4.78 is 43.8. The molecule has 0 bridgehead atoms. The molecule has 0 saturated carbocycles. The topological polar surface area (TPSA) is 185 Å². The molecule has 0 unspecified atom stereocenters. The summed E-state index contributed by atoms with van der Waals surface area (Å²) in [6.45, 7) is 2.43. The molecule has 0 aliphatic carbocycles. The number of carbonyl (C=O) groups excluding carboxylic acids is 4. The van der Waals surface area contributed by atoms with Crippen LogP contribution in [0, 0.1) is 0 Å². The molecule has 2 aromatic rings. The highest BCUT2D eigenvalue weighted by atomic mass is 35.6. The molecule has 6 rings (SSSR count). The Balaban J connectivity index is 1.30. The van der Waals surface area contributed by atoms with E-state index in [1.54, 1.807) is 0 Å². The Morgan fingerprint density at radius 3 is 2.33 bits per heavy atom. The summed E-state index contributed by atoms with van der Waals surface area (Å²) in [6.07, 6.45) is -5.84. The number of carbonyl (C=O) groups is 4. The summed E-state index contributed by atoms with van der Waals surface area (Å²) in [5.74, 6) is -4.90. The molecule has 4 heterocycles. The van der Waals surface area contributed by atoms with Gasteiger partial charge in [0.1, 0.15) is 12.6 Å². The van der Waals surface area contributed by atoms with Crippen molar-refractivity contribution < 1.29 is 47.3 Å². The van der Waals surface area contributed by atoms with Crippen molar-refractivity contribution in [2.75, 3.05) is 19.7 Å². The molecule has 0 radical (unpaired) electrons. The van der Waals surface area contributed by atoms with Crippen LogP contribution < -0.4 is 21.3 Å². The van der Waals surface area contributed by atoms with Crippen LogP contribution in [0.2, 0.25) is 0 Å². The number of likely N-dealkylation sites (tertiary alicyclic amines) is 1. The van der Waals surface area contributed by atoms with Crippen LogP contribution in [0.5, 0.6) is 0 Å². The summed E-state index contributed by atoms with van der Waals surface area (Å²) in [7, 11) is 0. The fourth-order valence-electron chi connectivity index (χ4n) is 6.75. The van der Waals surface area contributed by atoms with Gasteiger partial charge in [0, 0.05) is 24.9 Å². The summed E-state index contributed by atoms with van der Waals surface area (Å²) in [5.41, 5.74) is -2.83. The van der Waals surface area contributed by atoms with Gasteiger partial charge in [-0.3, -0.25) is 24.6 Å². The number of rotatable bonds is 6. The van der Waals surface area contributed by atoms with Crippen LogP contribution >= 0.6 is 34.8 Å². The number of guanidine groups is 1. The molecule has 3 saturated heterocycles. The smallest absolute Gasteiger partial charge is 0.417 e. The van der Waals surface area contributed by atoms with Crippen molar-refractivity contribution in [3.8, 4) is 11.1 Å². The summed E-state index contributed by atoms with van der Waals surface area (Å²) in [4.78, 5) is 58.2. The first kappa shape index (κ1) is 36.5. The molecule has 4 atom stereocenters. The maximum Gasteiger partial charge on any atom is 0.417 e. The first-order valence-electron chi connectivity index (χ1n) is 15.3. The summed E-state index contributed by atoms with van der Waals surface area (Å²) in [6, 6.07) is 6.39. The highest BCUT2D eigenvalue weighted by Gasteiger charge is 2.74. The van der Waals surface area contributed by atoms with Gasteiger partial charge in [0.15, 0.2) is 5.66 Å².